The number of amides is 2. The molecular weight excluding hydrogens is 360 g/mol. The van der Waals surface area contributed by atoms with E-state index >= 15 is 0 Å². The zero-order valence-electron chi connectivity index (χ0n) is 17.9. The van der Waals surface area contributed by atoms with Gasteiger partial charge < -0.3 is 10.6 Å². The van der Waals surface area contributed by atoms with Crippen molar-refractivity contribution in [3.8, 4) is 0 Å². The minimum atomic E-state index is -0.0704. The minimum absolute atomic E-state index is 0.0449. The Morgan fingerprint density at radius 3 is 2.17 bits per heavy atom. The number of anilines is 1. The van der Waals surface area contributed by atoms with E-state index in [0.717, 1.165) is 30.5 Å². The summed E-state index contributed by atoms with van der Waals surface area (Å²) in [5, 5.41) is 6.00. The Balaban J connectivity index is 1.46. The van der Waals surface area contributed by atoms with Crippen molar-refractivity contribution in [1.82, 2.24) is 5.32 Å². The Morgan fingerprint density at radius 1 is 1.00 bits per heavy atom. The van der Waals surface area contributed by atoms with Crippen LogP contribution in [0.15, 0.2) is 48.5 Å². The van der Waals surface area contributed by atoms with Gasteiger partial charge in [0, 0.05) is 18.0 Å². The van der Waals surface area contributed by atoms with Crippen LogP contribution in [0.1, 0.15) is 69.7 Å². The van der Waals surface area contributed by atoms with Gasteiger partial charge in [-0.25, -0.2) is 0 Å². The van der Waals surface area contributed by atoms with Gasteiger partial charge >= 0.3 is 0 Å². The van der Waals surface area contributed by atoms with Crippen molar-refractivity contribution in [2.75, 3.05) is 5.32 Å². The van der Waals surface area contributed by atoms with Gasteiger partial charge in [-0.1, -0.05) is 57.2 Å². The van der Waals surface area contributed by atoms with Crippen molar-refractivity contribution in [2.24, 2.45) is 5.92 Å². The second-order valence-corrected chi connectivity index (χ2v) is 9.12. The third-order valence-corrected chi connectivity index (χ3v) is 5.46. The molecule has 4 heteroatoms. The van der Waals surface area contributed by atoms with Gasteiger partial charge in [-0.05, 0) is 60.4 Å². The fourth-order valence-electron chi connectivity index (χ4n) is 3.27. The van der Waals surface area contributed by atoms with Crippen LogP contribution in [0.4, 0.5) is 5.69 Å². The Bertz CT molecular complexity index is 844. The summed E-state index contributed by atoms with van der Waals surface area (Å²) < 4.78 is 0. The van der Waals surface area contributed by atoms with Crippen LogP contribution >= 0.6 is 0 Å². The number of hydrogen-bond acceptors (Lipinski definition) is 2. The molecular formula is C25H32N2O2. The molecule has 2 amide bonds. The average molecular weight is 393 g/mol. The van der Waals surface area contributed by atoms with Crippen LogP contribution in [0.5, 0.6) is 0 Å². The molecule has 1 atom stereocenters. The molecule has 0 bridgehead atoms. The zero-order chi connectivity index (χ0) is 21.0. The van der Waals surface area contributed by atoms with Gasteiger partial charge in [0.25, 0.3) is 0 Å². The van der Waals surface area contributed by atoms with Crippen LogP contribution in [0.2, 0.25) is 0 Å². The van der Waals surface area contributed by atoms with E-state index in [-0.39, 0.29) is 29.2 Å². The number of hydrogen-bond donors (Lipinski definition) is 2. The van der Waals surface area contributed by atoms with E-state index in [1.165, 1.54) is 11.1 Å². The fraction of sp³-hybridized carbons (Fsp3) is 0.440. The van der Waals surface area contributed by atoms with Crippen molar-refractivity contribution in [3.63, 3.8) is 0 Å². The Hall–Kier alpha value is -2.62. The molecule has 1 aliphatic carbocycles. The van der Waals surface area contributed by atoms with E-state index < -0.39 is 0 Å². The maximum absolute atomic E-state index is 12.4. The second kappa shape index (κ2) is 8.81. The molecule has 0 radical (unpaired) electrons. The van der Waals surface area contributed by atoms with Crippen molar-refractivity contribution in [1.29, 1.82) is 0 Å². The molecule has 0 saturated heterocycles. The van der Waals surface area contributed by atoms with E-state index in [2.05, 4.69) is 55.7 Å². The van der Waals surface area contributed by atoms with Crippen molar-refractivity contribution >= 4 is 17.5 Å². The summed E-state index contributed by atoms with van der Waals surface area (Å²) in [6.07, 6.45) is 3.19. The maximum atomic E-state index is 12.4. The van der Waals surface area contributed by atoms with E-state index in [0.29, 0.717) is 6.42 Å². The van der Waals surface area contributed by atoms with Gasteiger partial charge in [0.15, 0.2) is 0 Å². The molecule has 3 rings (SSSR count). The highest BCUT2D eigenvalue weighted by Gasteiger charge is 2.29. The number of benzene rings is 2. The lowest BCUT2D eigenvalue weighted by Crippen LogP contribution is -2.26. The Morgan fingerprint density at radius 2 is 1.62 bits per heavy atom. The zero-order valence-corrected chi connectivity index (χ0v) is 17.9. The summed E-state index contributed by atoms with van der Waals surface area (Å²) in [5.41, 5.74) is 4.45. The topological polar surface area (TPSA) is 58.2 Å². The van der Waals surface area contributed by atoms with E-state index in [9.17, 15) is 9.59 Å². The first-order valence-electron chi connectivity index (χ1n) is 10.5. The molecule has 1 aliphatic rings. The minimum Gasteiger partial charge on any atom is -0.350 e. The predicted molar refractivity (Wildman–Crippen MR) is 118 cm³/mol. The quantitative estimate of drug-likeness (QED) is 0.685. The third-order valence-electron chi connectivity index (χ3n) is 5.46. The summed E-state index contributed by atoms with van der Waals surface area (Å²) in [4.78, 5) is 24.2. The van der Waals surface area contributed by atoms with Crippen molar-refractivity contribution in [3.05, 3.63) is 65.2 Å². The largest absolute Gasteiger partial charge is 0.350 e. The first kappa shape index (κ1) is 21.1. The SMILES string of the molecule is CC(NC(=O)CCc1ccc(C(C)(C)C)cc1)c1ccc(NC(=O)C2CC2)cc1. The molecule has 0 aliphatic heterocycles. The number of aryl methyl sites for hydroxylation is 1. The standard InChI is InChI=1S/C25H32N2O2/c1-17(19-10-14-22(15-11-19)27-24(29)20-8-9-20)26-23(28)16-7-18-5-12-21(13-6-18)25(2,3)4/h5-6,10-15,17,20H,7-9,16H2,1-4H3,(H,26,28)(H,27,29). The van der Waals surface area contributed by atoms with Gasteiger partial charge in [-0.2, -0.15) is 0 Å². The molecule has 1 fully saturated rings. The lowest BCUT2D eigenvalue weighted by molar-refractivity contribution is -0.121. The smallest absolute Gasteiger partial charge is 0.227 e. The first-order chi connectivity index (χ1) is 13.7. The molecule has 0 heterocycles. The highest BCUT2D eigenvalue weighted by molar-refractivity contribution is 5.94. The lowest BCUT2D eigenvalue weighted by Gasteiger charge is -2.19. The summed E-state index contributed by atoms with van der Waals surface area (Å²) in [7, 11) is 0. The molecule has 2 N–H and O–H groups in total. The van der Waals surface area contributed by atoms with Crippen LogP contribution < -0.4 is 10.6 Å². The number of nitrogens with one attached hydrogen (secondary N) is 2. The average Bonchev–Trinajstić information content (AvgIpc) is 3.52. The fourth-order valence-corrected chi connectivity index (χ4v) is 3.27. The Kier molecular flexibility index (Phi) is 6.41. The molecule has 1 saturated carbocycles. The summed E-state index contributed by atoms with van der Waals surface area (Å²) in [5.74, 6) is 0.343. The van der Waals surface area contributed by atoms with E-state index in [4.69, 9.17) is 0 Å². The van der Waals surface area contributed by atoms with Crippen LogP contribution in [0.25, 0.3) is 0 Å². The second-order valence-electron chi connectivity index (χ2n) is 9.12. The summed E-state index contributed by atoms with van der Waals surface area (Å²) in [6.45, 7) is 8.58. The highest BCUT2D eigenvalue weighted by Crippen LogP contribution is 2.30. The predicted octanol–water partition coefficient (Wildman–Crippen LogP) is 5.14. The van der Waals surface area contributed by atoms with Gasteiger partial charge in [0.05, 0.1) is 6.04 Å². The number of carbonyl (C=O) groups excluding carboxylic acids is 2. The molecule has 2 aromatic carbocycles. The van der Waals surface area contributed by atoms with Crippen LogP contribution in [-0.4, -0.2) is 11.8 Å². The molecule has 4 nitrogen and oxygen atoms in total. The first-order valence-corrected chi connectivity index (χ1v) is 10.5. The van der Waals surface area contributed by atoms with Gasteiger partial charge in [-0.3, -0.25) is 9.59 Å². The third kappa shape index (κ3) is 6.18. The van der Waals surface area contributed by atoms with Crippen molar-refractivity contribution < 1.29 is 9.59 Å². The summed E-state index contributed by atoms with van der Waals surface area (Å²) >= 11 is 0. The lowest BCUT2D eigenvalue weighted by atomic mass is 9.86. The molecule has 2 aromatic rings. The Labute approximate surface area is 174 Å². The molecule has 154 valence electrons. The molecule has 0 aromatic heterocycles. The monoisotopic (exact) mass is 392 g/mol. The normalized spacial score (nSPS) is 14.9. The number of rotatable bonds is 7. The van der Waals surface area contributed by atoms with Crippen LogP contribution in [0, 0.1) is 5.92 Å². The maximum Gasteiger partial charge on any atom is 0.227 e. The molecule has 29 heavy (non-hydrogen) atoms. The van der Waals surface area contributed by atoms with E-state index in [1.807, 2.05) is 31.2 Å². The van der Waals surface area contributed by atoms with Crippen molar-refractivity contribution in [2.45, 2.75) is 64.8 Å². The number of carbonyl (C=O) groups is 2. The molecule has 0 spiro atoms. The van der Waals surface area contributed by atoms with Crippen LogP contribution in [-0.2, 0) is 21.4 Å². The highest BCUT2D eigenvalue weighted by atomic mass is 16.2. The van der Waals surface area contributed by atoms with Gasteiger partial charge in [0.2, 0.25) is 11.8 Å². The van der Waals surface area contributed by atoms with Gasteiger partial charge in [0.1, 0.15) is 0 Å². The van der Waals surface area contributed by atoms with E-state index in [1.54, 1.807) is 0 Å². The van der Waals surface area contributed by atoms with Crippen LogP contribution in [0.3, 0.4) is 0 Å². The van der Waals surface area contributed by atoms with Gasteiger partial charge in [-0.15, -0.1) is 0 Å². The molecule has 1 unspecified atom stereocenters. The summed E-state index contributed by atoms with van der Waals surface area (Å²) in [6, 6.07) is 16.2.